The van der Waals surface area contributed by atoms with Crippen LogP contribution in [-0.4, -0.2) is 42.5 Å². The summed E-state index contributed by atoms with van der Waals surface area (Å²) in [6.45, 7) is 3.88. The Bertz CT molecular complexity index is 905. The van der Waals surface area contributed by atoms with Gasteiger partial charge >= 0.3 is 0 Å². The van der Waals surface area contributed by atoms with Gasteiger partial charge in [-0.1, -0.05) is 36.4 Å². The van der Waals surface area contributed by atoms with Crippen LogP contribution in [0, 0.1) is 0 Å². The molecule has 4 rings (SSSR count). The highest BCUT2D eigenvalue weighted by Gasteiger charge is 2.24. The van der Waals surface area contributed by atoms with Gasteiger partial charge in [0.1, 0.15) is 5.01 Å². The van der Waals surface area contributed by atoms with E-state index in [0.717, 1.165) is 28.8 Å². The van der Waals surface area contributed by atoms with E-state index in [1.165, 1.54) is 30.8 Å². The first-order valence-electron chi connectivity index (χ1n) is 10.1. The quantitative estimate of drug-likeness (QED) is 0.246. The van der Waals surface area contributed by atoms with Crippen molar-refractivity contribution in [2.24, 2.45) is 4.99 Å². The Morgan fingerprint density at radius 2 is 1.90 bits per heavy atom. The highest BCUT2D eigenvalue weighted by Crippen LogP contribution is 2.27. The van der Waals surface area contributed by atoms with Crippen LogP contribution in [0.5, 0.6) is 0 Å². The van der Waals surface area contributed by atoms with Crippen molar-refractivity contribution in [2.75, 3.05) is 26.7 Å². The predicted octanol–water partition coefficient (Wildman–Crippen LogP) is 4.99. The van der Waals surface area contributed by atoms with Crippen molar-refractivity contribution in [3.05, 3.63) is 63.1 Å². The molecule has 1 aliphatic heterocycles. The normalized spacial score (nSPS) is 15.6. The van der Waals surface area contributed by atoms with Gasteiger partial charge in [0.15, 0.2) is 5.96 Å². The number of aliphatic imine (C=N–C) groups is 1. The van der Waals surface area contributed by atoms with Crippen molar-refractivity contribution in [1.82, 2.24) is 20.5 Å². The minimum Gasteiger partial charge on any atom is -0.354 e. The molecule has 0 saturated carbocycles. The summed E-state index contributed by atoms with van der Waals surface area (Å²) in [6.07, 6.45) is 2.59. The number of nitrogens with one attached hydrogen (secondary N) is 2. The third-order valence-electron chi connectivity index (χ3n) is 5.17. The molecule has 3 heterocycles. The van der Waals surface area contributed by atoms with Crippen LogP contribution in [0.2, 0.25) is 0 Å². The maximum atomic E-state index is 4.75. The molecule has 160 valence electrons. The molecule has 5 nitrogen and oxygen atoms in total. The molecule has 1 aliphatic rings. The van der Waals surface area contributed by atoms with Gasteiger partial charge in [0.25, 0.3) is 0 Å². The lowest BCUT2D eigenvalue weighted by molar-refractivity contribution is 0.249. The molecular formula is C22H28IN5S2. The van der Waals surface area contributed by atoms with Gasteiger partial charge < -0.3 is 10.6 Å². The minimum absolute atomic E-state index is 0. The smallest absolute Gasteiger partial charge is 0.191 e. The fourth-order valence-corrected chi connectivity index (χ4v) is 5.25. The standard InChI is InChI=1S/C22H27N5S2.HI/c1-23-22(24-14-19(20-10-7-13-28-20)27-11-5-6-12-27)25-15-21-26-18(16-29-21)17-8-3-2-4-9-17;/h2-4,7-10,13,16,19H,5-6,11-12,14-15H2,1H3,(H2,23,24,25);1H. The average molecular weight is 554 g/mol. The van der Waals surface area contributed by atoms with E-state index in [1.54, 1.807) is 11.3 Å². The van der Waals surface area contributed by atoms with Crippen LogP contribution < -0.4 is 10.6 Å². The minimum atomic E-state index is 0. The summed E-state index contributed by atoms with van der Waals surface area (Å²) in [7, 11) is 1.82. The van der Waals surface area contributed by atoms with E-state index in [9.17, 15) is 0 Å². The summed E-state index contributed by atoms with van der Waals surface area (Å²) in [4.78, 5) is 13.2. The molecule has 1 saturated heterocycles. The third-order valence-corrected chi connectivity index (χ3v) is 6.99. The van der Waals surface area contributed by atoms with E-state index in [1.807, 2.05) is 36.6 Å². The fourth-order valence-electron chi connectivity index (χ4n) is 3.65. The summed E-state index contributed by atoms with van der Waals surface area (Å²) >= 11 is 3.51. The number of hydrogen-bond donors (Lipinski definition) is 2. The third kappa shape index (κ3) is 6.03. The topological polar surface area (TPSA) is 52.6 Å². The summed E-state index contributed by atoms with van der Waals surface area (Å²) in [5.74, 6) is 0.821. The number of halogens is 1. The molecule has 2 N–H and O–H groups in total. The first-order chi connectivity index (χ1) is 14.3. The van der Waals surface area contributed by atoms with Crippen LogP contribution >= 0.6 is 46.7 Å². The Kier molecular flexibility index (Phi) is 9.10. The van der Waals surface area contributed by atoms with Gasteiger partial charge in [0.2, 0.25) is 0 Å². The Labute approximate surface area is 203 Å². The summed E-state index contributed by atoms with van der Waals surface area (Å²) in [5.41, 5.74) is 2.18. The lowest BCUT2D eigenvalue weighted by atomic mass is 10.2. The highest BCUT2D eigenvalue weighted by molar-refractivity contribution is 14.0. The molecule has 30 heavy (non-hydrogen) atoms. The predicted molar refractivity (Wildman–Crippen MR) is 139 cm³/mol. The molecular weight excluding hydrogens is 525 g/mol. The van der Waals surface area contributed by atoms with Crippen LogP contribution in [0.4, 0.5) is 0 Å². The summed E-state index contributed by atoms with van der Waals surface area (Å²) in [5, 5.41) is 12.3. The average Bonchev–Trinajstić information content (AvgIpc) is 3.54. The van der Waals surface area contributed by atoms with Crippen molar-refractivity contribution < 1.29 is 0 Å². The number of thiophene rings is 1. The van der Waals surface area contributed by atoms with Crippen LogP contribution in [0.3, 0.4) is 0 Å². The number of benzene rings is 1. The number of aromatic nitrogens is 1. The van der Waals surface area contributed by atoms with Gasteiger partial charge in [-0.25, -0.2) is 4.98 Å². The van der Waals surface area contributed by atoms with Gasteiger partial charge in [-0.3, -0.25) is 9.89 Å². The van der Waals surface area contributed by atoms with E-state index >= 15 is 0 Å². The van der Waals surface area contributed by atoms with Crippen molar-refractivity contribution in [2.45, 2.75) is 25.4 Å². The Morgan fingerprint density at radius 3 is 2.60 bits per heavy atom. The Hall–Kier alpha value is -1.49. The molecule has 1 unspecified atom stereocenters. The first-order valence-corrected chi connectivity index (χ1v) is 11.8. The van der Waals surface area contributed by atoms with Crippen molar-refractivity contribution in [1.29, 1.82) is 0 Å². The molecule has 1 atom stereocenters. The molecule has 0 amide bonds. The molecule has 3 aromatic rings. The van der Waals surface area contributed by atoms with Gasteiger partial charge in [-0.05, 0) is 37.4 Å². The van der Waals surface area contributed by atoms with E-state index in [2.05, 4.69) is 55.6 Å². The number of guanidine groups is 1. The number of likely N-dealkylation sites (tertiary alicyclic amines) is 1. The molecule has 2 aromatic heterocycles. The Balaban J connectivity index is 0.00000256. The van der Waals surface area contributed by atoms with Crippen LogP contribution in [0.1, 0.15) is 28.8 Å². The SMILES string of the molecule is CN=C(NCc1nc(-c2ccccc2)cs1)NCC(c1cccs1)N1CCCC1.I. The number of nitrogens with zero attached hydrogens (tertiary/aromatic N) is 3. The van der Waals surface area contributed by atoms with E-state index < -0.39 is 0 Å². The maximum absolute atomic E-state index is 4.75. The van der Waals surface area contributed by atoms with Gasteiger partial charge in [-0.2, -0.15) is 0 Å². The monoisotopic (exact) mass is 553 g/mol. The van der Waals surface area contributed by atoms with Crippen molar-refractivity contribution in [3.8, 4) is 11.3 Å². The second-order valence-corrected chi connectivity index (χ2v) is 9.00. The van der Waals surface area contributed by atoms with Gasteiger partial charge in [-0.15, -0.1) is 46.7 Å². The second-order valence-electron chi connectivity index (χ2n) is 7.07. The fraction of sp³-hybridized carbons (Fsp3) is 0.364. The van der Waals surface area contributed by atoms with Crippen LogP contribution in [-0.2, 0) is 6.54 Å². The van der Waals surface area contributed by atoms with Gasteiger partial charge in [0.05, 0.1) is 18.3 Å². The molecule has 0 spiro atoms. The largest absolute Gasteiger partial charge is 0.354 e. The van der Waals surface area contributed by atoms with Crippen molar-refractivity contribution >= 4 is 52.6 Å². The first kappa shape index (κ1) is 23.2. The molecule has 0 radical (unpaired) electrons. The summed E-state index contributed by atoms with van der Waals surface area (Å²) < 4.78 is 0. The van der Waals surface area contributed by atoms with E-state index in [0.29, 0.717) is 12.6 Å². The van der Waals surface area contributed by atoms with Crippen LogP contribution in [0.15, 0.2) is 58.2 Å². The molecule has 0 aliphatic carbocycles. The second kappa shape index (κ2) is 11.8. The van der Waals surface area contributed by atoms with Crippen LogP contribution in [0.25, 0.3) is 11.3 Å². The lowest BCUT2D eigenvalue weighted by Gasteiger charge is -2.27. The molecule has 1 aromatic carbocycles. The van der Waals surface area contributed by atoms with E-state index in [4.69, 9.17) is 4.98 Å². The number of hydrogen-bond acceptors (Lipinski definition) is 5. The number of rotatable bonds is 7. The van der Waals surface area contributed by atoms with E-state index in [-0.39, 0.29) is 24.0 Å². The van der Waals surface area contributed by atoms with Crippen molar-refractivity contribution in [3.63, 3.8) is 0 Å². The Morgan fingerprint density at radius 1 is 1.10 bits per heavy atom. The zero-order chi connectivity index (χ0) is 19.9. The maximum Gasteiger partial charge on any atom is 0.191 e. The zero-order valence-electron chi connectivity index (χ0n) is 17.1. The summed E-state index contributed by atoms with van der Waals surface area (Å²) in [6, 6.07) is 15.1. The molecule has 8 heteroatoms. The molecule has 1 fully saturated rings. The lowest BCUT2D eigenvalue weighted by Crippen LogP contribution is -2.42. The highest BCUT2D eigenvalue weighted by atomic mass is 127. The molecule has 0 bridgehead atoms. The zero-order valence-corrected chi connectivity index (χ0v) is 21.0. The van der Waals surface area contributed by atoms with Gasteiger partial charge in [0, 0.05) is 29.4 Å². The number of thiazole rings is 1.